The molecule has 27 heavy (non-hydrogen) atoms. The molecule has 3 aromatic rings. The van der Waals surface area contributed by atoms with Gasteiger partial charge in [0.2, 0.25) is 5.91 Å². The van der Waals surface area contributed by atoms with Crippen LogP contribution in [0.1, 0.15) is 11.1 Å². The summed E-state index contributed by atoms with van der Waals surface area (Å²) in [7, 11) is 0. The zero-order chi connectivity index (χ0) is 18.2. The van der Waals surface area contributed by atoms with Gasteiger partial charge in [-0.3, -0.25) is 9.89 Å². The molecule has 1 atom stereocenters. The number of rotatable bonds is 2. The summed E-state index contributed by atoms with van der Waals surface area (Å²) in [4.78, 5) is 17.3. The maximum Gasteiger partial charge on any atom is 0.240 e. The number of aromatic amines is 1. The van der Waals surface area contributed by atoms with Gasteiger partial charge in [-0.25, -0.2) is 0 Å². The van der Waals surface area contributed by atoms with Crippen LogP contribution in [0, 0.1) is 0 Å². The molecular weight excluding hydrogens is 338 g/mol. The number of carbonyl (C=O) groups excluding carboxylic acids is 1. The van der Waals surface area contributed by atoms with E-state index in [1.807, 2.05) is 11.1 Å². The third kappa shape index (κ3) is 3.06. The molecule has 5 rings (SSSR count). The molecule has 138 valence electrons. The van der Waals surface area contributed by atoms with Crippen LogP contribution in [0.3, 0.4) is 0 Å². The molecular formula is C21H23N5O. The zero-order valence-electron chi connectivity index (χ0n) is 15.2. The zero-order valence-corrected chi connectivity index (χ0v) is 15.2. The number of H-pyrrole nitrogens is 1. The molecule has 0 bridgehead atoms. The second-order valence-corrected chi connectivity index (χ2v) is 7.36. The molecule has 1 amide bonds. The fraction of sp³-hybridized carbons (Fsp3) is 0.333. The fourth-order valence-electron chi connectivity index (χ4n) is 4.16. The molecule has 1 fully saturated rings. The number of carbonyl (C=O) groups is 1. The van der Waals surface area contributed by atoms with E-state index in [1.165, 1.54) is 16.8 Å². The van der Waals surface area contributed by atoms with E-state index in [0.717, 1.165) is 50.0 Å². The number of nitrogens with zero attached hydrogens (tertiary/aromatic N) is 3. The molecule has 3 heterocycles. The molecule has 1 saturated heterocycles. The normalized spacial score (nSPS) is 19.9. The Morgan fingerprint density at radius 2 is 1.85 bits per heavy atom. The Kier molecular flexibility index (Phi) is 4.05. The molecule has 0 saturated carbocycles. The van der Waals surface area contributed by atoms with Crippen molar-refractivity contribution in [2.24, 2.45) is 0 Å². The van der Waals surface area contributed by atoms with Crippen LogP contribution < -0.4 is 10.2 Å². The first-order valence-corrected chi connectivity index (χ1v) is 9.55. The molecule has 6 heteroatoms. The van der Waals surface area contributed by atoms with E-state index in [1.54, 1.807) is 0 Å². The monoisotopic (exact) mass is 361 g/mol. The summed E-state index contributed by atoms with van der Waals surface area (Å²) in [6.07, 6.45) is 2.64. The highest BCUT2D eigenvalue weighted by Crippen LogP contribution is 2.23. The molecule has 6 nitrogen and oxygen atoms in total. The van der Waals surface area contributed by atoms with E-state index in [4.69, 9.17) is 0 Å². The Labute approximate surface area is 158 Å². The van der Waals surface area contributed by atoms with Crippen LogP contribution >= 0.6 is 0 Å². The summed E-state index contributed by atoms with van der Waals surface area (Å²) in [5.41, 5.74) is 4.85. The van der Waals surface area contributed by atoms with Crippen LogP contribution in [-0.2, 0) is 17.8 Å². The van der Waals surface area contributed by atoms with E-state index in [-0.39, 0.29) is 11.9 Å². The minimum Gasteiger partial charge on any atom is -0.368 e. The molecule has 1 aromatic heterocycles. The molecule has 2 N–H and O–H groups in total. The lowest BCUT2D eigenvalue weighted by Gasteiger charge is -2.38. The average molecular weight is 361 g/mol. The van der Waals surface area contributed by atoms with Gasteiger partial charge in [-0.05, 0) is 35.7 Å². The predicted molar refractivity (Wildman–Crippen MR) is 106 cm³/mol. The summed E-state index contributed by atoms with van der Waals surface area (Å²) >= 11 is 0. The lowest BCUT2D eigenvalue weighted by atomic mass is 9.95. The van der Waals surface area contributed by atoms with Gasteiger partial charge in [-0.15, -0.1) is 0 Å². The number of amides is 1. The van der Waals surface area contributed by atoms with Gasteiger partial charge in [0, 0.05) is 43.8 Å². The number of aromatic nitrogens is 2. The van der Waals surface area contributed by atoms with E-state index in [0.29, 0.717) is 0 Å². The first-order chi connectivity index (χ1) is 13.3. The number of fused-ring (bicyclic) bond motifs is 2. The van der Waals surface area contributed by atoms with Crippen molar-refractivity contribution in [1.29, 1.82) is 0 Å². The van der Waals surface area contributed by atoms with Gasteiger partial charge >= 0.3 is 0 Å². The third-order valence-corrected chi connectivity index (χ3v) is 5.76. The summed E-state index contributed by atoms with van der Waals surface area (Å²) < 4.78 is 0. The van der Waals surface area contributed by atoms with Crippen LogP contribution in [0.2, 0.25) is 0 Å². The predicted octanol–water partition coefficient (Wildman–Crippen LogP) is 1.93. The largest absolute Gasteiger partial charge is 0.368 e. The quantitative estimate of drug-likeness (QED) is 0.732. The highest BCUT2D eigenvalue weighted by atomic mass is 16.2. The van der Waals surface area contributed by atoms with Crippen molar-refractivity contribution in [3.05, 3.63) is 59.8 Å². The van der Waals surface area contributed by atoms with Crippen molar-refractivity contribution in [3.8, 4) is 0 Å². The molecule has 0 aliphatic carbocycles. The number of hydrogen-bond donors (Lipinski definition) is 2. The Bertz CT molecular complexity index is 973. The van der Waals surface area contributed by atoms with Gasteiger partial charge in [0.05, 0.1) is 17.8 Å². The highest BCUT2D eigenvalue weighted by molar-refractivity contribution is 5.84. The number of hydrogen-bond acceptors (Lipinski definition) is 4. The topological polar surface area (TPSA) is 64.3 Å². The summed E-state index contributed by atoms with van der Waals surface area (Å²) in [5.74, 6) is 0.231. The molecule has 0 unspecified atom stereocenters. The van der Waals surface area contributed by atoms with Crippen LogP contribution in [-0.4, -0.2) is 53.2 Å². The van der Waals surface area contributed by atoms with Crippen LogP contribution in [0.5, 0.6) is 0 Å². The summed E-state index contributed by atoms with van der Waals surface area (Å²) in [6, 6.07) is 14.6. The molecule has 0 radical (unpaired) electrons. The first kappa shape index (κ1) is 16.3. The molecule has 2 aliphatic rings. The van der Waals surface area contributed by atoms with E-state index < -0.39 is 0 Å². The van der Waals surface area contributed by atoms with Gasteiger partial charge in [-0.2, -0.15) is 5.10 Å². The van der Waals surface area contributed by atoms with Crippen LogP contribution in [0.25, 0.3) is 10.9 Å². The first-order valence-electron chi connectivity index (χ1n) is 9.55. The molecule has 2 aliphatic heterocycles. The average Bonchev–Trinajstić information content (AvgIpc) is 3.21. The number of piperazine rings is 1. The third-order valence-electron chi connectivity index (χ3n) is 5.76. The van der Waals surface area contributed by atoms with Gasteiger partial charge in [0.1, 0.15) is 0 Å². The molecule has 2 aromatic carbocycles. The standard InChI is InChI=1S/C21H23N5O/c27-21(20-12-15-3-1-2-4-16(15)13-22-20)26-9-7-25(8-10-26)18-5-6-19-17(11-18)14-23-24-19/h1-6,11,14,20,22H,7-10,12-13H2,(H,23,24)/t20-/m0/s1. The van der Waals surface area contributed by atoms with E-state index in [9.17, 15) is 4.79 Å². The SMILES string of the molecule is O=C([C@@H]1Cc2ccccc2CN1)N1CCN(c2ccc3[nH]ncc3c2)CC1. The van der Waals surface area contributed by atoms with Gasteiger partial charge in [0.15, 0.2) is 0 Å². The van der Waals surface area contributed by atoms with Gasteiger partial charge in [-0.1, -0.05) is 24.3 Å². The van der Waals surface area contributed by atoms with Crippen molar-refractivity contribution >= 4 is 22.5 Å². The van der Waals surface area contributed by atoms with Crippen molar-refractivity contribution in [3.63, 3.8) is 0 Å². The fourth-order valence-corrected chi connectivity index (χ4v) is 4.16. The van der Waals surface area contributed by atoms with Crippen molar-refractivity contribution in [2.75, 3.05) is 31.1 Å². The summed E-state index contributed by atoms with van der Waals surface area (Å²) in [5, 5.41) is 11.6. The minimum atomic E-state index is -0.103. The Morgan fingerprint density at radius 1 is 1.04 bits per heavy atom. The highest BCUT2D eigenvalue weighted by Gasteiger charge is 2.30. The van der Waals surface area contributed by atoms with Crippen molar-refractivity contribution in [1.82, 2.24) is 20.4 Å². The number of benzene rings is 2. The van der Waals surface area contributed by atoms with E-state index in [2.05, 4.69) is 62.9 Å². The number of nitrogens with one attached hydrogen (secondary N) is 2. The lowest BCUT2D eigenvalue weighted by molar-refractivity contribution is -0.134. The number of anilines is 1. The summed E-state index contributed by atoms with van der Waals surface area (Å²) in [6.45, 7) is 4.03. The second kappa shape index (κ2) is 6.70. The Morgan fingerprint density at radius 3 is 2.70 bits per heavy atom. The van der Waals surface area contributed by atoms with Gasteiger partial charge in [0.25, 0.3) is 0 Å². The maximum absolute atomic E-state index is 13.0. The smallest absolute Gasteiger partial charge is 0.240 e. The lowest BCUT2D eigenvalue weighted by Crippen LogP contribution is -2.55. The Hall–Kier alpha value is -2.86. The van der Waals surface area contributed by atoms with Crippen LogP contribution in [0.4, 0.5) is 5.69 Å². The van der Waals surface area contributed by atoms with Crippen molar-refractivity contribution in [2.45, 2.75) is 19.0 Å². The van der Waals surface area contributed by atoms with Crippen LogP contribution in [0.15, 0.2) is 48.7 Å². The second-order valence-electron chi connectivity index (χ2n) is 7.36. The van der Waals surface area contributed by atoms with Crippen molar-refractivity contribution < 1.29 is 4.79 Å². The Balaban J connectivity index is 1.23. The minimum absolute atomic E-state index is 0.103. The van der Waals surface area contributed by atoms with E-state index >= 15 is 0 Å². The van der Waals surface area contributed by atoms with Gasteiger partial charge < -0.3 is 15.1 Å². The molecule has 0 spiro atoms. The maximum atomic E-state index is 13.0.